The molecule has 2 heterocycles. The molecule has 1 aliphatic rings. The fraction of sp³-hybridized carbons (Fsp3) is 0.167. The maximum absolute atomic E-state index is 12.9. The lowest BCUT2D eigenvalue weighted by atomic mass is 10.2. The molecule has 0 atom stereocenters. The second-order valence-corrected chi connectivity index (χ2v) is 5.70. The van der Waals surface area contributed by atoms with E-state index in [1.165, 1.54) is 10.8 Å². The van der Waals surface area contributed by atoms with E-state index in [2.05, 4.69) is 10.1 Å². The van der Waals surface area contributed by atoms with E-state index in [0.717, 1.165) is 7.11 Å². The normalized spacial score (nSPS) is 15.5. The van der Waals surface area contributed by atoms with Gasteiger partial charge in [-0.05, 0) is 25.1 Å². The monoisotopic (exact) mass is 355 g/mol. The standard InChI is InChI=1S/C18H17N3O5/c1-10-12(9-13-15(22)14(16(23)19-13)18(25)26-3)17(24)21(20(10)2)11-7-5-4-6-8-11/h4-9,22H,1-3H3,(H,19,23)/b13-9+. The Morgan fingerprint density at radius 1 is 1.23 bits per heavy atom. The van der Waals surface area contributed by atoms with Gasteiger partial charge in [-0.15, -0.1) is 0 Å². The minimum atomic E-state index is -0.949. The molecule has 8 heteroatoms. The van der Waals surface area contributed by atoms with Crippen molar-refractivity contribution in [3.05, 3.63) is 69.0 Å². The van der Waals surface area contributed by atoms with Gasteiger partial charge < -0.3 is 15.2 Å². The van der Waals surface area contributed by atoms with Gasteiger partial charge in [-0.1, -0.05) is 18.2 Å². The van der Waals surface area contributed by atoms with Crippen LogP contribution in [0.4, 0.5) is 0 Å². The fourth-order valence-electron chi connectivity index (χ4n) is 2.78. The molecule has 0 aliphatic carbocycles. The van der Waals surface area contributed by atoms with E-state index < -0.39 is 23.2 Å². The fourth-order valence-corrected chi connectivity index (χ4v) is 2.78. The van der Waals surface area contributed by atoms with Crippen LogP contribution in [0.15, 0.2) is 52.2 Å². The highest BCUT2D eigenvalue weighted by Crippen LogP contribution is 2.22. The third-order valence-corrected chi connectivity index (χ3v) is 4.24. The number of nitrogens with one attached hydrogen (secondary N) is 1. The number of benzene rings is 1. The Morgan fingerprint density at radius 3 is 2.50 bits per heavy atom. The van der Waals surface area contributed by atoms with E-state index in [4.69, 9.17) is 0 Å². The zero-order valence-corrected chi connectivity index (χ0v) is 14.4. The van der Waals surface area contributed by atoms with E-state index in [9.17, 15) is 19.5 Å². The highest BCUT2D eigenvalue weighted by molar-refractivity contribution is 6.20. The first kappa shape index (κ1) is 17.3. The number of carbonyl (C=O) groups is 2. The Kier molecular flexibility index (Phi) is 4.25. The van der Waals surface area contributed by atoms with Crippen LogP contribution in [0.3, 0.4) is 0 Å². The number of hydrogen-bond acceptors (Lipinski definition) is 5. The van der Waals surface area contributed by atoms with E-state index in [-0.39, 0.29) is 16.8 Å². The van der Waals surface area contributed by atoms with Crippen LogP contribution in [0.5, 0.6) is 0 Å². The van der Waals surface area contributed by atoms with Gasteiger partial charge in [0.2, 0.25) is 0 Å². The van der Waals surface area contributed by atoms with Crippen molar-refractivity contribution in [1.29, 1.82) is 0 Å². The summed E-state index contributed by atoms with van der Waals surface area (Å²) in [6, 6.07) is 9.06. The minimum Gasteiger partial charge on any atom is -0.505 e. The quantitative estimate of drug-likeness (QED) is 0.630. The summed E-state index contributed by atoms with van der Waals surface area (Å²) in [4.78, 5) is 36.4. The average molecular weight is 355 g/mol. The summed E-state index contributed by atoms with van der Waals surface area (Å²) >= 11 is 0. The predicted octanol–water partition coefficient (Wildman–Crippen LogP) is 0.940. The molecule has 1 aromatic carbocycles. The third kappa shape index (κ3) is 2.61. The summed E-state index contributed by atoms with van der Waals surface area (Å²) in [7, 11) is 2.84. The summed E-state index contributed by atoms with van der Waals surface area (Å²) in [5.41, 5.74) is 0.747. The second-order valence-electron chi connectivity index (χ2n) is 5.70. The molecule has 3 rings (SSSR count). The molecule has 1 amide bonds. The minimum absolute atomic E-state index is 0.0265. The molecule has 0 saturated carbocycles. The number of nitrogens with zero attached hydrogens (tertiary/aromatic N) is 2. The maximum atomic E-state index is 12.9. The number of methoxy groups -OCH3 is 1. The molecule has 0 bridgehead atoms. The van der Waals surface area contributed by atoms with E-state index in [0.29, 0.717) is 11.4 Å². The Hall–Kier alpha value is -3.55. The van der Waals surface area contributed by atoms with Gasteiger partial charge in [-0.2, -0.15) is 0 Å². The predicted molar refractivity (Wildman–Crippen MR) is 93.5 cm³/mol. The maximum Gasteiger partial charge on any atom is 0.347 e. The smallest absolute Gasteiger partial charge is 0.347 e. The number of ether oxygens (including phenoxy) is 1. The Bertz CT molecular complexity index is 1030. The molecule has 0 saturated heterocycles. The SMILES string of the molecule is COC(=O)C1=C(O)/C(=C\c2c(C)n(C)n(-c3ccccc3)c2=O)NC1=O. The van der Waals surface area contributed by atoms with Crippen molar-refractivity contribution in [3.63, 3.8) is 0 Å². The molecule has 0 unspecified atom stereocenters. The highest BCUT2D eigenvalue weighted by Gasteiger charge is 2.33. The van der Waals surface area contributed by atoms with Crippen LogP contribution in [-0.4, -0.2) is 33.5 Å². The number of aliphatic hydroxyl groups excluding tert-OH is 1. The van der Waals surface area contributed by atoms with Gasteiger partial charge in [0.15, 0.2) is 11.3 Å². The van der Waals surface area contributed by atoms with Crippen LogP contribution >= 0.6 is 0 Å². The number of rotatable bonds is 3. The summed E-state index contributed by atoms with van der Waals surface area (Å²) in [6.07, 6.45) is 1.35. The molecule has 1 aliphatic heterocycles. The number of para-hydroxylation sites is 1. The van der Waals surface area contributed by atoms with Gasteiger partial charge in [0.25, 0.3) is 11.5 Å². The molecule has 1 aromatic heterocycles. The summed E-state index contributed by atoms with van der Waals surface area (Å²) in [5, 5.41) is 12.5. The van der Waals surface area contributed by atoms with Gasteiger partial charge in [0.05, 0.1) is 24.1 Å². The number of amides is 1. The number of hydrogen-bond donors (Lipinski definition) is 2. The van der Waals surface area contributed by atoms with Gasteiger partial charge in [-0.3, -0.25) is 14.3 Å². The zero-order chi connectivity index (χ0) is 19.0. The van der Waals surface area contributed by atoms with Crippen molar-refractivity contribution in [3.8, 4) is 5.69 Å². The molecule has 0 radical (unpaired) electrons. The summed E-state index contributed by atoms with van der Waals surface area (Å²) in [6.45, 7) is 1.74. The van der Waals surface area contributed by atoms with Gasteiger partial charge in [-0.25, -0.2) is 9.48 Å². The lowest BCUT2D eigenvalue weighted by Gasteiger charge is -2.07. The molecule has 8 nitrogen and oxygen atoms in total. The first-order valence-corrected chi connectivity index (χ1v) is 7.75. The van der Waals surface area contributed by atoms with Crippen LogP contribution in [0.1, 0.15) is 11.3 Å². The second kappa shape index (κ2) is 6.40. The van der Waals surface area contributed by atoms with E-state index in [1.54, 1.807) is 30.8 Å². The molecular weight excluding hydrogens is 338 g/mol. The first-order chi connectivity index (χ1) is 12.4. The molecule has 0 spiro atoms. The van der Waals surface area contributed by atoms with Crippen LogP contribution in [0.2, 0.25) is 0 Å². The van der Waals surface area contributed by atoms with Crippen molar-refractivity contribution in [2.75, 3.05) is 7.11 Å². The topological polar surface area (TPSA) is 103 Å². The Balaban J connectivity index is 2.14. The Labute approximate surface area is 148 Å². The summed E-state index contributed by atoms with van der Waals surface area (Å²) < 4.78 is 7.63. The van der Waals surface area contributed by atoms with Crippen molar-refractivity contribution < 1.29 is 19.4 Å². The van der Waals surface area contributed by atoms with E-state index >= 15 is 0 Å². The van der Waals surface area contributed by atoms with Crippen LogP contribution in [0.25, 0.3) is 11.8 Å². The van der Waals surface area contributed by atoms with Crippen LogP contribution < -0.4 is 10.9 Å². The highest BCUT2D eigenvalue weighted by atomic mass is 16.5. The zero-order valence-electron chi connectivity index (χ0n) is 14.4. The molecule has 2 N–H and O–H groups in total. The number of carbonyl (C=O) groups excluding carboxylic acids is 2. The molecule has 26 heavy (non-hydrogen) atoms. The lowest BCUT2D eigenvalue weighted by Crippen LogP contribution is -2.21. The van der Waals surface area contributed by atoms with Crippen molar-refractivity contribution in [1.82, 2.24) is 14.7 Å². The largest absolute Gasteiger partial charge is 0.505 e. The van der Waals surface area contributed by atoms with Crippen molar-refractivity contribution >= 4 is 18.0 Å². The van der Waals surface area contributed by atoms with Gasteiger partial charge >= 0.3 is 5.97 Å². The third-order valence-electron chi connectivity index (χ3n) is 4.24. The number of esters is 1. The Morgan fingerprint density at radius 2 is 1.88 bits per heavy atom. The first-order valence-electron chi connectivity index (χ1n) is 7.75. The molecule has 134 valence electrons. The average Bonchev–Trinajstić information content (AvgIpc) is 3.03. The molecule has 0 fully saturated rings. The van der Waals surface area contributed by atoms with Gasteiger partial charge in [0, 0.05) is 12.7 Å². The van der Waals surface area contributed by atoms with Crippen LogP contribution in [0, 0.1) is 6.92 Å². The van der Waals surface area contributed by atoms with E-state index in [1.807, 2.05) is 18.2 Å². The number of aliphatic hydroxyl groups is 1. The van der Waals surface area contributed by atoms with Gasteiger partial charge in [0.1, 0.15) is 0 Å². The van der Waals surface area contributed by atoms with Crippen LogP contribution in [-0.2, 0) is 21.4 Å². The lowest BCUT2D eigenvalue weighted by molar-refractivity contribution is -0.137. The van der Waals surface area contributed by atoms with Crippen molar-refractivity contribution in [2.45, 2.75) is 6.92 Å². The number of aromatic nitrogens is 2. The molecular formula is C18H17N3O5. The van der Waals surface area contributed by atoms with Crippen molar-refractivity contribution in [2.24, 2.45) is 7.05 Å². The molecule has 2 aromatic rings. The summed E-state index contributed by atoms with van der Waals surface area (Å²) in [5.74, 6) is -2.27.